The summed E-state index contributed by atoms with van der Waals surface area (Å²) in [4.78, 5) is 21.5. The molecule has 0 spiro atoms. The van der Waals surface area contributed by atoms with Crippen molar-refractivity contribution in [3.8, 4) is 16.9 Å². The van der Waals surface area contributed by atoms with Crippen LogP contribution in [0.1, 0.15) is 12.0 Å². The third-order valence-electron chi connectivity index (χ3n) is 5.10. The molecule has 170 valence electrons. The molecular formula is C23H26N2O6S. The Morgan fingerprint density at radius 3 is 2.56 bits per heavy atom. The molecule has 1 amide bonds. The summed E-state index contributed by atoms with van der Waals surface area (Å²) in [5.74, 6) is 0.0503. The van der Waals surface area contributed by atoms with Gasteiger partial charge < -0.3 is 25.8 Å². The molecular weight excluding hydrogens is 432 g/mol. The lowest BCUT2D eigenvalue weighted by Gasteiger charge is -2.33. The number of fused-ring (bicyclic) bond motifs is 1. The largest absolute Gasteiger partial charge is 0.483 e. The van der Waals surface area contributed by atoms with Crippen LogP contribution in [-0.2, 0) is 16.1 Å². The van der Waals surface area contributed by atoms with Crippen molar-refractivity contribution in [2.75, 3.05) is 19.7 Å². The van der Waals surface area contributed by atoms with Crippen molar-refractivity contribution in [1.82, 2.24) is 4.90 Å². The SMILES string of the molecule is NC(=O)COc1ccc(-c2csc3ccccc23)cc1CN1C[C@H](O)C[C@@H](O)C1.O=CO. The maximum absolute atomic E-state index is 11.2. The predicted octanol–water partition coefficient (Wildman–Crippen LogP) is 2.06. The van der Waals surface area contributed by atoms with Crippen LogP contribution >= 0.6 is 11.3 Å². The second kappa shape index (κ2) is 11.1. The molecule has 1 aliphatic heterocycles. The van der Waals surface area contributed by atoms with Crippen molar-refractivity contribution in [2.45, 2.75) is 25.2 Å². The van der Waals surface area contributed by atoms with E-state index in [0.717, 1.165) is 16.7 Å². The number of hydrogen-bond acceptors (Lipinski definition) is 7. The minimum absolute atomic E-state index is 0.195. The number of nitrogens with two attached hydrogens (primary N) is 1. The van der Waals surface area contributed by atoms with Crippen LogP contribution in [0, 0.1) is 0 Å². The fourth-order valence-corrected chi connectivity index (χ4v) is 4.84. The average molecular weight is 459 g/mol. The number of primary amides is 1. The maximum Gasteiger partial charge on any atom is 0.290 e. The lowest BCUT2D eigenvalue weighted by atomic mass is 10.00. The van der Waals surface area contributed by atoms with Gasteiger partial charge in [-0.1, -0.05) is 24.3 Å². The van der Waals surface area contributed by atoms with Gasteiger partial charge in [0.2, 0.25) is 0 Å². The van der Waals surface area contributed by atoms with Crippen LogP contribution in [0.15, 0.2) is 47.8 Å². The highest BCUT2D eigenvalue weighted by Crippen LogP contribution is 2.36. The molecule has 9 heteroatoms. The third kappa shape index (κ3) is 6.04. The molecule has 2 heterocycles. The number of amides is 1. The molecule has 32 heavy (non-hydrogen) atoms. The molecule has 5 N–H and O–H groups in total. The second-order valence-electron chi connectivity index (χ2n) is 7.57. The monoisotopic (exact) mass is 458 g/mol. The molecule has 0 unspecified atom stereocenters. The standard InChI is InChI=1S/C22H24N2O4S.CH2O2/c23-22(27)12-28-20-6-5-14(19-13-29-21-4-2-1-3-18(19)21)7-15(20)9-24-10-16(25)8-17(26)11-24;2-1-3/h1-7,13,16-17,25-26H,8-12H2,(H2,23,27);1H,(H,2,3)/t16-,17-;/m1./s1. The molecule has 1 saturated heterocycles. The first-order valence-electron chi connectivity index (χ1n) is 10.1. The molecule has 0 bridgehead atoms. The highest BCUT2D eigenvalue weighted by Gasteiger charge is 2.25. The first-order valence-corrected chi connectivity index (χ1v) is 11.0. The lowest BCUT2D eigenvalue weighted by molar-refractivity contribution is -0.123. The Morgan fingerprint density at radius 1 is 1.19 bits per heavy atom. The summed E-state index contributed by atoms with van der Waals surface area (Å²) in [6, 6.07) is 14.2. The summed E-state index contributed by atoms with van der Waals surface area (Å²) < 4.78 is 6.85. The number of nitrogens with zero attached hydrogens (tertiary/aromatic N) is 1. The van der Waals surface area contributed by atoms with Gasteiger partial charge in [0.15, 0.2) is 6.61 Å². The first kappa shape index (κ1) is 23.7. The van der Waals surface area contributed by atoms with Crippen LogP contribution in [0.3, 0.4) is 0 Å². The van der Waals surface area contributed by atoms with E-state index < -0.39 is 18.1 Å². The highest BCUT2D eigenvalue weighted by molar-refractivity contribution is 7.17. The number of aliphatic hydroxyl groups excluding tert-OH is 2. The van der Waals surface area contributed by atoms with Crippen molar-refractivity contribution in [3.63, 3.8) is 0 Å². The van der Waals surface area contributed by atoms with Crippen LogP contribution in [0.25, 0.3) is 21.2 Å². The van der Waals surface area contributed by atoms with Crippen molar-refractivity contribution in [3.05, 3.63) is 53.4 Å². The summed E-state index contributed by atoms with van der Waals surface area (Å²) >= 11 is 1.70. The van der Waals surface area contributed by atoms with Gasteiger partial charge in [-0.3, -0.25) is 14.5 Å². The number of thiophene rings is 1. The Bertz CT molecular complexity index is 1060. The Labute approximate surface area is 189 Å². The Balaban J connectivity index is 0.000000913. The minimum atomic E-state index is -0.558. The fraction of sp³-hybridized carbons (Fsp3) is 0.304. The first-order chi connectivity index (χ1) is 15.4. The zero-order valence-electron chi connectivity index (χ0n) is 17.4. The number of carboxylic acid groups (broad SMARTS) is 1. The number of carbonyl (C=O) groups excluding carboxylic acids is 1. The average Bonchev–Trinajstić information content (AvgIpc) is 3.17. The van der Waals surface area contributed by atoms with Crippen LogP contribution in [0.5, 0.6) is 5.75 Å². The molecule has 4 rings (SSSR count). The Kier molecular flexibility index (Phi) is 8.18. The smallest absolute Gasteiger partial charge is 0.290 e. The summed E-state index contributed by atoms with van der Waals surface area (Å²) in [6.45, 7) is 1.02. The summed E-state index contributed by atoms with van der Waals surface area (Å²) in [7, 11) is 0. The van der Waals surface area contributed by atoms with E-state index in [1.54, 1.807) is 11.3 Å². The number of β-amino-alcohol motifs (C(OH)–C–C–N with tert-alkyl or cyclic N) is 2. The molecule has 2 atom stereocenters. The van der Waals surface area contributed by atoms with Crippen LogP contribution < -0.4 is 10.5 Å². The fourth-order valence-electron chi connectivity index (χ4n) is 3.87. The van der Waals surface area contributed by atoms with E-state index in [-0.39, 0.29) is 13.1 Å². The molecule has 0 aliphatic carbocycles. The lowest BCUT2D eigenvalue weighted by Crippen LogP contribution is -2.45. The van der Waals surface area contributed by atoms with E-state index in [2.05, 4.69) is 23.6 Å². The number of rotatable bonds is 6. The van der Waals surface area contributed by atoms with E-state index in [1.807, 2.05) is 29.2 Å². The predicted molar refractivity (Wildman–Crippen MR) is 123 cm³/mol. The van der Waals surface area contributed by atoms with Gasteiger partial charge in [-0.2, -0.15) is 0 Å². The summed E-state index contributed by atoms with van der Waals surface area (Å²) in [5.41, 5.74) is 8.33. The van der Waals surface area contributed by atoms with Crippen molar-refractivity contribution in [1.29, 1.82) is 0 Å². The van der Waals surface area contributed by atoms with Gasteiger partial charge in [-0.15, -0.1) is 11.3 Å². The van der Waals surface area contributed by atoms with E-state index in [1.165, 1.54) is 10.1 Å². The number of aliphatic hydroxyl groups is 2. The number of hydrogen-bond donors (Lipinski definition) is 4. The molecule has 8 nitrogen and oxygen atoms in total. The molecule has 1 fully saturated rings. The van der Waals surface area contributed by atoms with E-state index in [0.29, 0.717) is 31.8 Å². The molecule has 3 aromatic rings. The third-order valence-corrected chi connectivity index (χ3v) is 6.06. The number of carbonyl (C=O) groups is 2. The number of benzene rings is 2. The minimum Gasteiger partial charge on any atom is -0.483 e. The van der Waals surface area contributed by atoms with Gasteiger partial charge in [0, 0.05) is 47.3 Å². The Hall–Kier alpha value is -2.98. The van der Waals surface area contributed by atoms with Gasteiger partial charge in [-0.25, -0.2) is 0 Å². The molecule has 1 aromatic heterocycles. The number of piperidine rings is 1. The number of ether oxygens (including phenoxy) is 1. The van der Waals surface area contributed by atoms with Crippen molar-refractivity contribution < 1.29 is 29.6 Å². The summed E-state index contributed by atoms with van der Waals surface area (Å²) in [5, 5.41) is 30.2. The van der Waals surface area contributed by atoms with E-state index in [9.17, 15) is 15.0 Å². The van der Waals surface area contributed by atoms with Gasteiger partial charge >= 0.3 is 0 Å². The molecule has 1 aliphatic rings. The molecule has 0 saturated carbocycles. The quantitative estimate of drug-likeness (QED) is 0.416. The highest BCUT2D eigenvalue weighted by atomic mass is 32.1. The van der Waals surface area contributed by atoms with Crippen molar-refractivity contribution >= 4 is 33.8 Å². The van der Waals surface area contributed by atoms with Gasteiger partial charge in [-0.05, 0) is 29.1 Å². The number of likely N-dealkylation sites (tertiary alicyclic amines) is 1. The van der Waals surface area contributed by atoms with Gasteiger partial charge in [0.05, 0.1) is 12.2 Å². The van der Waals surface area contributed by atoms with Crippen LogP contribution in [0.4, 0.5) is 0 Å². The Morgan fingerprint density at radius 2 is 1.88 bits per heavy atom. The maximum atomic E-state index is 11.2. The van der Waals surface area contributed by atoms with Crippen molar-refractivity contribution in [2.24, 2.45) is 5.73 Å². The van der Waals surface area contributed by atoms with Crippen LogP contribution in [0.2, 0.25) is 0 Å². The van der Waals surface area contributed by atoms with Gasteiger partial charge in [0.25, 0.3) is 12.4 Å². The van der Waals surface area contributed by atoms with Crippen LogP contribution in [-0.4, -0.2) is 64.5 Å². The topological polar surface area (TPSA) is 133 Å². The zero-order chi connectivity index (χ0) is 23.1. The zero-order valence-corrected chi connectivity index (χ0v) is 18.2. The normalized spacial score (nSPS) is 18.6. The van der Waals surface area contributed by atoms with E-state index >= 15 is 0 Å². The van der Waals surface area contributed by atoms with Gasteiger partial charge in [0.1, 0.15) is 5.75 Å². The van der Waals surface area contributed by atoms with E-state index in [4.69, 9.17) is 20.4 Å². The molecule has 2 aromatic carbocycles. The summed E-state index contributed by atoms with van der Waals surface area (Å²) in [6.07, 6.45) is -0.724. The molecule has 0 radical (unpaired) electrons. The second-order valence-corrected chi connectivity index (χ2v) is 8.48.